The number of ether oxygens (including phenoxy) is 1. The Hall–Kier alpha value is -1.77. The zero-order valence-electron chi connectivity index (χ0n) is 13.8. The van der Waals surface area contributed by atoms with Gasteiger partial charge in [0.1, 0.15) is 6.54 Å². The second kappa shape index (κ2) is 9.39. The molecule has 1 saturated heterocycles. The van der Waals surface area contributed by atoms with Gasteiger partial charge in [0.2, 0.25) is 0 Å². The van der Waals surface area contributed by atoms with Gasteiger partial charge in [-0.05, 0) is 31.6 Å². The molecule has 23 heavy (non-hydrogen) atoms. The number of piperidine rings is 1. The van der Waals surface area contributed by atoms with E-state index >= 15 is 0 Å². The second-order valence-corrected chi connectivity index (χ2v) is 6.54. The third kappa shape index (κ3) is 5.74. The second-order valence-electron chi connectivity index (χ2n) is 6.54. The Labute approximate surface area is 138 Å². The highest BCUT2D eigenvalue weighted by molar-refractivity contribution is 5.83. The van der Waals surface area contributed by atoms with Crippen LogP contribution in [0.1, 0.15) is 57.8 Å². The molecule has 1 atom stereocenters. The topological polar surface area (TPSA) is 82.4 Å². The van der Waals surface area contributed by atoms with Crippen molar-refractivity contribution < 1.29 is 14.3 Å². The van der Waals surface area contributed by atoms with Gasteiger partial charge >= 0.3 is 6.09 Å². The minimum atomic E-state index is -0.777. The van der Waals surface area contributed by atoms with E-state index in [2.05, 4.69) is 5.32 Å². The number of nitrogens with zero attached hydrogens (tertiary/aromatic N) is 2. The van der Waals surface area contributed by atoms with Crippen LogP contribution in [0.15, 0.2) is 0 Å². The molecular weight excluding hydrogens is 294 g/mol. The molecule has 1 aliphatic heterocycles. The van der Waals surface area contributed by atoms with E-state index in [1.807, 2.05) is 6.07 Å². The minimum absolute atomic E-state index is 0.0543. The fraction of sp³-hybridized carbons (Fsp3) is 0.824. The first-order valence-electron chi connectivity index (χ1n) is 8.81. The number of nitriles is 1. The summed E-state index contributed by atoms with van der Waals surface area (Å²) in [5.74, 6) is 0.0817. The largest absolute Gasteiger partial charge is 0.436 e. The van der Waals surface area contributed by atoms with Gasteiger partial charge in [0.15, 0.2) is 6.10 Å². The van der Waals surface area contributed by atoms with Crippen LogP contribution in [0.2, 0.25) is 0 Å². The van der Waals surface area contributed by atoms with Gasteiger partial charge in [-0.3, -0.25) is 4.79 Å². The molecule has 2 amide bonds. The molecular formula is C17H27N3O3. The van der Waals surface area contributed by atoms with Crippen LogP contribution in [0.25, 0.3) is 0 Å². The average Bonchev–Trinajstić information content (AvgIpc) is 2.60. The number of hydrogen-bond donors (Lipinski definition) is 1. The third-order valence-electron chi connectivity index (χ3n) is 4.76. The highest BCUT2D eigenvalue weighted by Gasteiger charge is 2.29. The number of likely N-dealkylation sites (tertiary alicyclic amines) is 1. The van der Waals surface area contributed by atoms with Crippen LogP contribution in [-0.2, 0) is 9.53 Å². The van der Waals surface area contributed by atoms with Crippen LogP contribution < -0.4 is 5.32 Å². The summed E-state index contributed by atoms with van der Waals surface area (Å²) in [6, 6.07) is 1.89. The van der Waals surface area contributed by atoms with Crippen molar-refractivity contribution in [2.24, 2.45) is 5.92 Å². The molecule has 1 heterocycles. The van der Waals surface area contributed by atoms with Gasteiger partial charge in [-0.25, -0.2) is 4.79 Å². The van der Waals surface area contributed by atoms with Gasteiger partial charge in [0, 0.05) is 13.1 Å². The lowest BCUT2D eigenvalue weighted by atomic mass is 9.85. The van der Waals surface area contributed by atoms with E-state index < -0.39 is 12.2 Å². The van der Waals surface area contributed by atoms with Gasteiger partial charge in [0.25, 0.3) is 5.91 Å². The summed E-state index contributed by atoms with van der Waals surface area (Å²) in [7, 11) is 0. The molecule has 2 fully saturated rings. The van der Waals surface area contributed by atoms with Crippen LogP contribution in [0.5, 0.6) is 0 Å². The summed E-state index contributed by atoms with van der Waals surface area (Å²) >= 11 is 0. The molecule has 1 N–H and O–H groups in total. The van der Waals surface area contributed by atoms with Crippen molar-refractivity contribution in [3.63, 3.8) is 0 Å². The average molecular weight is 321 g/mol. The molecule has 0 spiro atoms. The maximum absolute atomic E-state index is 12.3. The fourth-order valence-corrected chi connectivity index (χ4v) is 3.45. The number of rotatable bonds is 5. The van der Waals surface area contributed by atoms with Gasteiger partial charge in [-0.15, -0.1) is 0 Å². The maximum atomic E-state index is 12.3. The van der Waals surface area contributed by atoms with E-state index in [-0.39, 0.29) is 12.5 Å². The van der Waals surface area contributed by atoms with Crippen LogP contribution in [0, 0.1) is 17.2 Å². The van der Waals surface area contributed by atoms with E-state index in [0.717, 1.165) is 32.1 Å². The Bertz CT molecular complexity index is 435. The summed E-state index contributed by atoms with van der Waals surface area (Å²) in [6.45, 7) is 1.35. The quantitative estimate of drug-likeness (QED) is 0.789. The van der Waals surface area contributed by atoms with E-state index in [1.54, 1.807) is 4.90 Å². The fourth-order valence-electron chi connectivity index (χ4n) is 3.45. The zero-order valence-corrected chi connectivity index (χ0v) is 13.8. The lowest BCUT2D eigenvalue weighted by Gasteiger charge is -2.30. The van der Waals surface area contributed by atoms with E-state index in [9.17, 15) is 9.59 Å². The molecule has 0 aromatic heterocycles. The van der Waals surface area contributed by atoms with E-state index in [1.165, 1.54) is 19.3 Å². The number of amides is 2. The molecule has 0 aromatic rings. The Balaban J connectivity index is 1.92. The summed E-state index contributed by atoms with van der Waals surface area (Å²) < 4.78 is 5.52. The molecule has 0 bridgehead atoms. The molecule has 2 aliphatic rings. The number of hydrogen-bond acceptors (Lipinski definition) is 4. The molecule has 0 radical (unpaired) electrons. The minimum Gasteiger partial charge on any atom is -0.436 e. The Kier molecular flexibility index (Phi) is 7.18. The first kappa shape index (κ1) is 17.6. The van der Waals surface area contributed by atoms with Crippen molar-refractivity contribution in [2.75, 3.05) is 19.6 Å². The summed E-state index contributed by atoms with van der Waals surface area (Å²) in [4.78, 5) is 26.2. The smallest absolute Gasteiger partial charge is 0.410 e. The van der Waals surface area contributed by atoms with E-state index in [4.69, 9.17) is 10.00 Å². The van der Waals surface area contributed by atoms with Crippen molar-refractivity contribution in [2.45, 2.75) is 63.9 Å². The van der Waals surface area contributed by atoms with Crippen LogP contribution in [-0.4, -0.2) is 42.6 Å². The van der Waals surface area contributed by atoms with Crippen molar-refractivity contribution >= 4 is 12.0 Å². The standard InChI is InChI=1S/C17H27N3O3/c18-9-10-19-16(21)15(13-14-7-3-1-4-8-14)23-17(22)20-11-5-2-6-12-20/h14-15H,1-8,10-13H2,(H,19,21). The highest BCUT2D eigenvalue weighted by atomic mass is 16.6. The maximum Gasteiger partial charge on any atom is 0.410 e. The predicted molar refractivity (Wildman–Crippen MR) is 85.5 cm³/mol. The Morgan fingerprint density at radius 2 is 1.78 bits per heavy atom. The van der Waals surface area contributed by atoms with Crippen molar-refractivity contribution in [1.82, 2.24) is 10.2 Å². The van der Waals surface area contributed by atoms with Crippen molar-refractivity contribution in [3.05, 3.63) is 0 Å². The van der Waals surface area contributed by atoms with Gasteiger partial charge in [-0.2, -0.15) is 5.26 Å². The van der Waals surface area contributed by atoms with Crippen molar-refractivity contribution in [3.8, 4) is 6.07 Å². The normalized spacial score (nSPS) is 20.4. The molecule has 6 heteroatoms. The third-order valence-corrected chi connectivity index (χ3v) is 4.76. The van der Waals surface area contributed by atoms with Crippen molar-refractivity contribution in [1.29, 1.82) is 5.26 Å². The first-order chi connectivity index (χ1) is 11.2. The predicted octanol–water partition coefficient (Wildman–Crippen LogP) is 2.59. The van der Waals surface area contributed by atoms with Gasteiger partial charge < -0.3 is 15.0 Å². The molecule has 2 rings (SSSR count). The molecule has 6 nitrogen and oxygen atoms in total. The van der Waals surface area contributed by atoms with Crippen LogP contribution in [0.4, 0.5) is 4.79 Å². The molecule has 0 aromatic carbocycles. The first-order valence-corrected chi connectivity index (χ1v) is 8.81. The van der Waals surface area contributed by atoms with Crippen LogP contribution in [0.3, 0.4) is 0 Å². The van der Waals surface area contributed by atoms with Gasteiger partial charge in [0.05, 0.1) is 6.07 Å². The number of carbonyl (C=O) groups is 2. The zero-order chi connectivity index (χ0) is 16.5. The molecule has 1 aliphatic carbocycles. The summed E-state index contributed by atoms with van der Waals surface area (Å²) in [5, 5.41) is 11.2. The Morgan fingerprint density at radius 3 is 2.43 bits per heavy atom. The molecule has 128 valence electrons. The Morgan fingerprint density at radius 1 is 1.13 bits per heavy atom. The molecule has 1 unspecified atom stereocenters. The number of carbonyl (C=O) groups excluding carboxylic acids is 2. The lowest BCUT2D eigenvalue weighted by Crippen LogP contribution is -2.44. The number of nitrogens with one attached hydrogen (secondary N) is 1. The summed E-state index contributed by atoms with van der Waals surface area (Å²) in [6.07, 6.45) is 8.29. The monoisotopic (exact) mass is 321 g/mol. The lowest BCUT2D eigenvalue weighted by molar-refractivity contribution is -0.131. The SMILES string of the molecule is N#CCNC(=O)C(CC1CCCCC1)OC(=O)N1CCCCC1. The van der Waals surface area contributed by atoms with Crippen LogP contribution >= 0.6 is 0 Å². The van der Waals surface area contributed by atoms with Gasteiger partial charge in [-0.1, -0.05) is 32.1 Å². The van der Waals surface area contributed by atoms with E-state index in [0.29, 0.717) is 25.4 Å². The molecule has 1 saturated carbocycles. The summed E-state index contributed by atoms with van der Waals surface area (Å²) in [5.41, 5.74) is 0. The highest BCUT2D eigenvalue weighted by Crippen LogP contribution is 2.28.